The fourth-order valence-electron chi connectivity index (χ4n) is 2.34. The first kappa shape index (κ1) is 14.8. The molecule has 0 spiro atoms. The molecule has 2 rings (SSSR count). The number of halogens is 2. The molecular weight excluding hydrogens is 257 g/mol. The Hall–Kier alpha value is -0.280. The van der Waals surface area contributed by atoms with Gasteiger partial charge >= 0.3 is 0 Å². The second-order valence-electron chi connectivity index (χ2n) is 4.62. The summed E-state index contributed by atoms with van der Waals surface area (Å²) in [6.45, 7) is 2.39. The normalized spacial score (nSPS) is 18.5. The molecule has 2 nitrogen and oxygen atoms in total. The van der Waals surface area contributed by atoms with Crippen LogP contribution in [0.25, 0.3) is 0 Å². The lowest BCUT2D eigenvalue weighted by Crippen LogP contribution is -2.38. The van der Waals surface area contributed by atoms with Gasteiger partial charge in [-0.1, -0.05) is 23.7 Å². The quantitative estimate of drug-likeness (QED) is 0.920. The van der Waals surface area contributed by atoms with Crippen LogP contribution in [0.15, 0.2) is 24.3 Å². The van der Waals surface area contributed by atoms with Gasteiger partial charge < -0.3 is 10.5 Å². The molecule has 4 heteroatoms. The molecule has 1 aromatic rings. The number of hydrogen-bond donors (Lipinski definition) is 1. The Kier molecular flexibility index (Phi) is 5.74. The molecule has 1 aliphatic rings. The zero-order valence-electron chi connectivity index (χ0n) is 9.82. The summed E-state index contributed by atoms with van der Waals surface area (Å²) in [6.07, 6.45) is 3.11. The molecule has 0 amide bonds. The maximum Gasteiger partial charge on any atom is 0.0471 e. The standard InChI is InChI=1S/C13H18ClNO.ClH/c14-12-3-1-2-11(8-12)9-13(10-15)4-6-16-7-5-13;/h1-3,8H,4-7,9-10,15H2;1H. The molecule has 0 saturated carbocycles. The molecule has 1 heterocycles. The Bertz CT molecular complexity index is 351. The maximum absolute atomic E-state index is 6.00. The van der Waals surface area contributed by atoms with E-state index in [1.165, 1.54) is 5.56 Å². The van der Waals surface area contributed by atoms with E-state index in [0.29, 0.717) is 0 Å². The number of hydrogen-bond acceptors (Lipinski definition) is 2. The van der Waals surface area contributed by atoms with Gasteiger partial charge in [-0.15, -0.1) is 12.4 Å². The minimum atomic E-state index is 0. The fourth-order valence-corrected chi connectivity index (χ4v) is 2.55. The third kappa shape index (κ3) is 3.85. The van der Waals surface area contributed by atoms with Crippen molar-refractivity contribution < 1.29 is 4.74 Å². The number of nitrogens with two attached hydrogens (primary N) is 1. The number of ether oxygens (including phenoxy) is 1. The van der Waals surface area contributed by atoms with E-state index in [0.717, 1.165) is 44.0 Å². The first-order valence-corrected chi connectivity index (χ1v) is 6.14. The van der Waals surface area contributed by atoms with Crippen molar-refractivity contribution in [1.82, 2.24) is 0 Å². The fraction of sp³-hybridized carbons (Fsp3) is 0.538. The van der Waals surface area contributed by atoms with Gasteiger partial charge in [-0.05, 0) is 48.9 Å². The Balaban J connectivity index is 0.00000144. The van der Waals surface area contributed by atoms with Gasteiger partial charge in [0.25, 0.3) is 0 Å². The van der Waals surface area contributed by atoms with E-state index in [1.807, 2.05) is 18.2 Å². The summed E-state index contributed by atoms with van der Waals surface area (Å²) in [5.41, 5.74) is 7.42. The van der Waals surface area contributed by atoms with Gasteiger partial charge in [-0.3, -0.25) is 0 Å². The topological polar surface area (TPSA) is 35.2 Å². The van der Waals surface area contributed by atoms with Gasteiger partial charge in [-0.25, -0.2) is 0 Å². The van der Waals surface area contributed by atoms with E-state index < -0.39 is 0 Å². The molecule has 0 bridgehead atoms. The highest BCUT2D eigenvalue weighted by Crippen LogP contribution is 2.33. The zero-order chi connectivity index (χ0) is 11.4. The molecule has 0 aliphatic carbocycles. The van der Waals surface area contributed by atoms with Crippen molar-refractivity contribution in [1.29, 1.82) is 0 Å². The molecular formula is C13H19Cl2NO. The van der Waals surface area contributed by atoms with Crippen molar-refractivity contribution in [3.63, 3.8) is 0 Å². The van der Waals surface area contributed by atoms with Crippen LogP contribution in [0.1, 0.15) is 18.4 Å². The van der Waals surface area contributed by atoms with Crippen LogP contribution >= 0.6 is 24.0 Å². The average molecular weight is 276 g/mol. The lowest BCUT2D eigenvalue weighted by atomic mass is 9.75. The minimum absolute atomic E-state index is 0. The van der Waals surface area contributed by atoms with Gasteiger partial charge in [0.15, 0.2) is 0 Å². The lowest BCUT2D eigenvalue weighted by Gasteiger charge is -2.36. The Morgan fingerprint density at radius 3 is 2.59 bits per heavy atom. The van der Waals surface area contributed by atoms with Crippen LogP contribution in [0.4, 0.5) is 0 Å². The molecule has 1 fully saturated rings. The van der Waals surface area contributed by atoms with Crippen LogP contribution < -0.4 is 5.73 Å². The summed E-state index contributed by atoms with van der Waals surface area (Å²) in [5, 5.41) is 0.803. The lowest BCUT2D eigenvalue weighted by molar-refractivity contribution is 0.0191. The summed E-state index contributed by atoms with van der Waals surface area (Å²) in [7, 11) is 0. The molecule has 1 saturated heterocycles. The van der Waals surface area contributed by atoms with E-state index >= 15 is 0 Å². The van der Waals surface area contributed by atoms with E-state index in [9.17, 15) is 0 Å². The van der Waals surface area contributed by atoms with E-state index in [-0.39, 0.29) is 17.8 Å². The largest absolute Gasteiger partial charge is 0.381 e. The highest BCUT2D eigenvalue weighted by molar-refractivity contribution is 6.30. The number of benzene rings is 1. The second-order valence-corrected chi connectivity index (χ2v) is 5.06. The maximum atomic E-state index is 6.00. The van der Waals surface area contributed by atoms with Crippen molar-refractivity contribution >= 4 is 24.0 Å². The summed E-state index contributed by atoms with van der Waals surface area (Å²) >= 11 is 6.00. The van der Waals surface area contributed by atoms with Crippen LogP contribution in [-0.4, -0.2) is 19.8 Å². The van der Waals surface area contributed by atoms with Crippen molar-refractivity contribution in [2.45, 2.75) is 19.3 Å². The van der Waals surface area contributed by atoms with Crippen LogP contribution in [0.3, 0.4) is 0 Å². The van der Waals surface area contributed by atoms with Gasteiger partial charge in [-0.2, -0.15) is 0 Å². The highest BCUT2D eigenvalue weighted by atomic mass is 35.5. The molecule has 96 valence electrons. The van der Waals surface area contributed by atoms with Gasteiger partial charge in [0.2, 0.25) is 0 Å². The molecule has 1 aliphatic heterocycles. The van der Waals surface area contributed by atoms with E-state index in [2.05, 4.69) is 6.07 Å². The van der Waals surface area contributed by atoms with Gasteiger partial charge in [0, 0.05) is 18.2 Å². The Labute approximate surface area is 114 Å². The first-order valence-electron chi connectivity index (χ1n) is 5.76. The third-order valence-electron chi connectivity index (χ3n) is 3.45. The van der Waals surface area contributed by atoms with Gasteiger partial charge in [0.1, 0.15) is 0 Å². The van der Waals surface area contributed by atoms with Crippen molar-refractivity contribution in [3.05, 3.63) is 34.9 Å². The minimum Gasteiger partial charge on any atom is -0.381 e. The average Bonchev–Trinajstić information content (AvgIpc) is 2.30. The third-order valence-corrected chi connectivity index (χ3v) is 3.69. The summed E-state index contributed by atoms with van der Waals surface area (Å²) in [5.74, 6) is 0. The van der Waals surface area contributed by atoms with Crippen molar-refractivity contribution in [3.8, 4) is 0 Å². The van der Waals surface area contributed by atoms with Crippen LogP contribution in [-0.2, 0) is 11.2 Å². The van der Waals surface area contributed by atoms with Crippen LogP contribution in [0.2, 0.25) is 5.02 Å². The second kappa shape index (κ2) is 6.60. The summed E-state index contributed by atoms with van der Waals surface area (Å²) < 4.78 is 5.41. The Morgan fingerprint density at radius 1 is 1.29 bits per heavy atom. The molecule has 2 N–H and O–H groups in total. The molecule has 0 unspecified atom stereocenters. The van der Waals surface area contributed by atoms with Crippen LogP contribution in [0, 0.1) is 5.41 Å². The molecule has 0 radical (unpaired) electrons. The predicted molar refractivity (Wildman–Crippen MR) is 73.9 cm³/mol. The first-order chi connectivity index (χ1) is 7.74. The monoisotopic (exact) mass is 275 g/mol. The van der Waals surface area contributed by atoms with Crippen molar-refractivity contribution in [2.24, 2.45) is 11.1 Å². The van der Waals surface area contributed by atoms with Crippen molar-refractivity contribution in [2.75, 3.05) is 19.8 Å². The SMILES string of the molecule is Cl.NCC1(Cc2cccc(Cl)c2)CCOCC1. The molecule has 0 atom stereocenters. The van der Waals surface area contributed by atoms with E-state index in [1.54, 1.807) is 0 Å². The van der Waals surface area contributed by atoms with Gasteiger partial charge in [0.05, 0.1) is 0 Å². The highest BCUT2D eigenvalue weighted by Gasteiger charge is 2.31. The predicted octanol–water partition coefficient (Wildman–Crippen LogP) is 3.06. The Morgan fingerprint density at radius 2 is 2.00 bits per heavy atom. The molecule has 0 aromatic heterocycles. The molecule has 1 aromatic carbocycles. The summed E-state index contributed by atoms with van der Waals surface area (Å²) in [6, 6.07) is 8.07. The smallest absolute Gasteiger partial charge is 0.0471 e. The van der Waals surface area contributed by atoms with E-state index in [4.69, 9.17) is 22.1 Å². The zero-order valence-corrected chi connectivity index (χ0v) is 11.4. The molecule has 17 heavy (non-hydrogen) atoms. The number of rotatable bonds is 3. The summed E-state index contributed by atoms with van der Waals surface area (Å²) in [4.78, 5) is 0. The van der Waals surface area contributed by atoms with Crippen LogP contribution in [0.5, 0.6) is 0 Å².